The quantitative estimate of drug-likeness (QED) is 0.242. The summed E-state index contributed by atoms with van der Waals surface area (Å²) in [5.41, 5.74) is 1.79. The average Bonchev–Trinajstić information content (AvgIpc) is 2.87. The van der Waals surface area contributed by atoms with Crippen LogP contribution in [-0.4, -0.2) is 25.0 Å². The largest absolute Gasteiger partial charge is 0.493 e. The Hall–Kier alpha value is -4.43. The number of nitrogens with zero attached hydrogens (tertiary/aromatic N) is 1. The van der Waals surface area contributed by atoms with Crippen LogP contribution < -0.4 is 19.7 Å². The van der Waals surface area contributed by atoms with Crippen molar-refractivity contribution in [2.24, 2.45) is 0 Å². The summed E-state index contributed by atoms with van der Waals surface area (Å²) in [6, 6.07) is 14.6. The molecule has 0 aromatic heterocycles. The van der Waals surface area contributed by atoms with Crippen LogP contribution in [0.5, 0.6) is 11.5 Å². The maximum atomic E-state index is 13.6. The third kappa shape index (κ3) is 5.70. The molecule has 0 radical (unpaired) electrons. The first-order chi connectivity index (χ1) is 17.8. The molecule has 3 aromatic carbocycles. The van der Waals surface area contributed by atoms with Gasteiger partial charge in [-0.2, -0.15) is 0 Å². The fourth-order valence-corrected chi connectivity index (χ4v) is 3.95. The van der Waals surface area contributed by atoms with Crippen molar-refractivity contribution in [3.8, 4) is 11.5 Å². The third-order valence-electron chi connectivity index (χ3n) is 5.51. The SMILES string of the molecule is C=CCc1cc(/C=C2\C(=O)NC(=O)N(c3ccc(Cl)cc3)C2=O)cc(OC)c1OCc1cccc(F)c1. The number of nitrogens with one attached hydrogen (secondary N) is 1. The molecule has 0 aliphatic carbocycles. The van der Waals surface area contributed by atoms with Crippen LogP contribution in [0.15, 0.2) is 78.9 Å². The Morgan fingerprint density at radius 1 is 1.08 bits per heavy atom. The van der Waals surface area contributed by atoms with Gasteiger partial charge in [0.05, 0.1) is 12.8 Å². The van der Waals surface area contributed by atoms with E-state index in [1.165, 1.54) is 49.6 Å². The van der Waals surface area contributed by atoms with Crippen molar-refractivity contribution in [3.63, 3.8) is 0 Å². The molecule has 1 N–H and O–H groups in total. The molecule has 1 saturated heterocycles. The predicted octanol–water partition coefficient (Wildman–Crippen LogP) is 5.46. The number of methoxy groups -OCH3 is 1. The number of halogens is 2. The molecule has 0 saturated carbocycles. The van der Waals surface area contributed by atoms with Gasteiger partial charge in [-0.3, -0.25) is 14.9 Å². The molecule has 3 aromatic rings. The lowest BCUT2D eigenvalue weighted by molar-refractivity contribution is -0.122. The molecule has 1 aliphatic heterocycles. The molecule has 0 unspecified atom stereocenters. The number of rotatable bonds is 8. The van der Waals surface area contributed by atoms with Gasteiger partial charge in [0.15, 0.2) is 11.5 Å². The van der Waals surface area contributed by atoms with E-state index in [2.05, 4.69) is 11.9 Å². The van der Waals surface area contributed by atoms with Crippen molar-refractivity contribution in [2.45, 2.75) is 13.0 Å². The lowest BCUT2D eigenvalue weighted by atomic mass is 10.0. The molecule has 4 amide bonds. The van der Waals surface area contributed by atoms with Gasteiger partial charge in [0, 0.05) is 10.6 Å². The molecular formula is C28H22ClFN2O5. The first kappa shape index (κ1) is 25.7. The molecule has 7 nitrogen and oxygen atoms in total. The summed E-state index contributed by atoms with van der Waals surface area (Å²) in [5.74, 6) is -1.21. The van der Waals surface area contributed by atoms with Crippen LogP contribution in [0.25, 0.3) is 6.08 Å². The Kier molecular flexibility index (Phi) is 7.69. The van der Waals surface area contributed by atoms with Crippen molar-refractivity contribution in [1.29, 1.82) is 0 Å². The molecular weight excluding hydrogens is 499 g/mol. The van der Waals surface area contributed by atoms with Crippen molar-refractivity contribution >= 4 is 41.2 Å². The molecule has 1 fully saturated rings. The number of barbiturate groups is 1. The van der Waals surface area contributed by atoms with E-state index in [0.717, 1.165) is 4.90 Å². The second kappa shape index (κ2) is 11.1. The number of carbonyl (C=O) groups excluding carboxylic acids is 3. The van der Waals surface area contributed by atoms with Gasteiger partial charge in [-0.15, -0.1) is 6.58 Å². The monoisotopic (exact) mass is 520 g/mol. The highest BCUT2D eigenvalue weighted by Gasteiger charge is 2.36. The number of imide groups is 2. The van der Waals surface area contributed by atoms with Gasteiger partial charge in [0.2, 0.25) is 0 Å². The van der Waals surface area contributed by atoms with Gasteiger partial charge in [-0.05, 0) is 72.2 Å². The zero-order valence-corrected chi connectivity index (χ0v) is 20.5. The van der Waals surface area contributed by atoms with Crippen LogP contribution in [0.1, 0.15) is 16.7 Å². The molecule has 0 atom stereocenters. The number of hydrogen-bond donors (Lipinski definition) is 1. The second-order valence-electron chi connectivity index (χ2n) is 8.06. The van der Waals surface area contributed by atoms with Crippen molar-refractivity contribution in [1.82, 2.24) is 5.32 Å². The van der Waals surface area contributed by atoms with Gasteiger partial charge < -0.3 is 9.47 Å². The van der Waals surface area contributed by atoms with Gasteiger partial charge in [0.25, 0.3) is 11.8 Å². The van der Waals surface area contributed by atoms with Crippen LogP contribution in [0.2, 0.25) is 5.02 Å². The van der Waals surface area contributed by atoms with Crippen molar-refractivity contribution in [3.05, 3.63) is 106 Å². The fourth-order valence-electron chi connectivity index (χ4n) is 3.82. The van der Waals surface area contributed by atoms with E-state index in [9.17, 15) is 18.8 Å². The minimum Gasteiger partial charge on any atom is -0.493 e. The Morgan fingerprint density at radius 2 is 1.84 bits per heavy atom. The Morgan fingerprint density at radius 3 is 2.51 bits per heavy atom. The highest BCUT2D eigenvalue weighted by Crippen LogP contribution is 2.35. The van der Waals surface area contributed by atoms with Gasteiger partial charge >= 0.3 is 6.03 Å². The lowest BCUT2D eigenvalue weighted by Crippen LogP contribution is -2.54. The number of hydrogen-bond acceptors (Lipinski definition) is 5. The van der Waals surface area contributed by atoms with Crippen LogP contribution in [0, 0.1) is 5.82 Å². The smallest absolute Gasteiger partial charge is 0.335 e. The molecule has 1 aliphatic rings. The minimum atomic E-state index is -0.861. The lowest BCUT2D eigenvalue weighted by Gasteiger charge is -2.26. The number of ether oxygens (including phenoxy) is 2. The Balaban J connectivity index is 1.69. The van der Waals surface area contributed by atoms with E-state index in [-0.39, 0.29) is 23.7 Å². The summed E-state index contributed by atoms with van der Waals surface area (Å²) in [6.45, 7) is 3.87. The van der Waals surface area contributed by atoms with Crippen LogP contribution in [-0.2, 0) is 22.6 Å². The summed E-state index contributed by atoms with van der Waals surface area (Å²) in [4.78, 5) is 39.1. The number of benzene rings is 3. The fraction of sp³-hybridized carbons (Fsp3) is 0.107. The van der Waals surface area contributed by atoms with Gasteiger partial charge in [-0.1, -0.05) is 29.8 Å². The number of anilines is 1. The standard InChI is InChI=1S/C28H22ClFN2O5/c1-3-5-19-12-18(15-24(36-2)25(19)37-16-17-6-4-7-21(30)13-17)14-23-26(33)31-28(35)32(27(23)34)22-10-8-20(29)9-11-22/h3-4,6-15H,1,5,16H2,2H3,(H,31,33,35)/b23-14+. The molecule has 1 heterocycles. The molecule has 0 spiro atoms. The van der Waals surface area contributed by atoms with E-state index in [0.29, 0.717) is 39.6 Å². The normalized spacial score (nSPS) is 14.5. The van der Waals surface area contributed by atoms with Gasteiger partial charge in [-0.25, -0.2) is 14.1 Å². The number of allylic oxidation sites excluding steroid dienone is 1. The highest BCUT2D eigenvalue weighted by molar-refractivity contribution is 6.39. The van der Waals surface area contributed by atoms with E-state index in [1.807, 2.05) is 0 Å². The maximum Gasteiger partial charge on any atom is 0.335 e. The summed E-state index contributed by atoms with van der Waals surface area (Å²) >= 11 is 5.91. The van der Waals surface area contributed by atoms with Crippen molar-refractivity contribution in [2.75, 3.05) is 12.0 Å². The molecule has 0 bridgehead atoms. The van der Waals surface area contributed by atoms with Crippen molar-refractivity contribution < 1.29 is 28.2 Å². The summed E-state index contributed by atoms with van der Waals surface area (Å²) in [6.07, 6.45) is 3.43. The summed E-state index contributed by atoms with van der Waals surface area (Å²) < 4.78 is 25.1. The van der Waals surface area contributed by atoms with E-state index in [1.54, 1.807) is 30.3 Å². The first-order valence-corrected chi connectivity index (χ1v) is 11.5. The predicted molar refractivity (Wildman–Crippen MR) is 138 cm³/mol. The molecule has 37 heavy (non-hydrogen) atoms. The number of urea groups is 1. The summed E-state index contributed by atoms with van der Waals surface area (Å²) in [5, 5.41) is 2.62. The first-order valence-electron chi connectivity index (χ1n) is 11.2. The van der Waals surface area contributed by atoms with E-state index < -0.39 is 17.8 Å². The highest BCUT2D eigenvalue weighted by atomic mass is 35.5. The topological polar surface area (TPSA) is 84.9 Å². The maximum absolute atomic E-state index is 13.6. The molecule has 4 rings (SSSR count). The van der Waals surface area contributed by atoms with E-state index >= 15 is 0 Å². The number of amides is 4. The third-order valence-corrected chi connectivity index (χ3v) is 5.76. The zero-order chi connectivity index (χ0) is 26.5. The van der Waals surface area contributed by atoms with Crippen LogP contribution in [0.4, 0.5) is 14.9 Å². The van der Waals surface area contributed by atoms with Crippen LogP contribution in [0.3, 0.4) is 0 Å². The second-order valence-corrected chi connectivity index (χ2v) is 8.49. The Labute approximate surface area is 217 Å². The van der Waals surface area contributed by atoms with Gasteiger partial charge in [0.1, 0.15) is 18.0 Å². The number of carbonyl (C=O) groups is 3. The summed E-state index contributed by atoms with van der Waals surface area (Å²) in [7, 11) is 1.46. The minimum absolute atomic E-state index is 0.0950. The van der Waals surface area contributed by atoms with E-state index in [4.69, 9.17) is 21.1 Å². The molecule has 9 heteroatoms. The molecule has 188 valence electrons. The Bertz CT molecular complexity index is 1420. The van der Waals surface area contributed by atoms with Crippen LogP contribution >= 0.6 is 11.6 Å². The zero-order valence-electron chi connectivity index (χ0n) is 19.8. The average molecular weight is 521 g/mol.